The maximum Gasteiger partial charge on any atom is 0.248 e. The fourth-order valence-electron chi connectivity index (χ4n) is 2.72. The van der Waals surface area contributed by atoms with E-state index in [1.165, 1.54) is 35.7 Å². The van der Waals surface area contributed by atoms with Gasteiger partial charge in [0.15, 0.2) is 0 Å². The summed E-state index contributed by atoms with van der Waals surface area (Å²) >= 11 is 0. The van der Waals surface area contributed by atoms with Gasteiger partial charge in [0, 0.05) is 19.2 Å². The molecule has 0 saturated carbocycles. The molecule has 0 atom stereocenters. The van der Waals surface area contributed by atoms with Gasteiger partial charge in [-0.3, -0.25) is 4.79 Å². The molecule has 0 bridgehead atoms. The van der Waals surface area contributed by atoms with E-state index in [4.69, 9.17) is 9.47 Å². The smallest absolute Gasteiger partial charge is 0.248 e. The third kappa shape index (κ3) is 5.58. The first-order valence-corrected chi connectivity index (χ1v) is 10.6. The molecule has 0 heterocycles. The zero-order valence-electron chi connectivity index (χ0n) is 17.0. The monoisotopic (exact) mass is 418 g/mol. The van der Waals surface area contributed by atoms with Crippen LogP contribution in [0.25, 0.3) is 6.08 Å². The van der Waals surface area contributed by atoms with Crippen LogP contribution < -0.4 is 14.8 Å². The molecule has 0 aromatic heterocycles. The minimum Gasteiger partial charge on any atom is -0.497 e. The molecule has 7 nitrogen and oxygen atoms in total. The fraction of sp³-hybridized carbons (Fsp3) is 0.286. The van der Waals surface area contributed by atoms with Crippen LogP contribution in [0.15, 0.2) is 53.4 Å². The molecule has 0 spiro atoms. The summed E-state index contributed by atoms with van der Waals surface area (Å²) in [4.78, 5) is 12.4. The number of carbonyl (C=O) groups excluding carboxylic acids is 1. The highest BCUT2D eigenvalue weighted by Gasteiger charge is 2.23. The van der Waals surface area contributed by atoms with Gasteiger partial charge in [0.05, 0.1) is 24.8 Å². The third-order valence-electron chi connectivity index (χ3n) is 4.31. The first-order valence-electron chi connectivity index (χ1n) is 9.17. The fourth-order valence-corrected chi connectivity index (χ4v) is 4.20. The second kappa shape index (κ2) is 10.1. The molecule has 2 aromatic carbocycles. The van der Waals surface area contributed by atoms with E-state index in [9.17, 15) is 13.2 Å². The van der Waals surface area contributed by atoms with Crippen molar-refractivity contribution in [1.82, 2.24) is 4.31 Å². The molecule has 2 rings (SSSR count). The largest absolute Gasteiger partial charge is 0.497 e. The average Bonchev–Trinajstić information content (AvgIpc) is 2.73. The Kier molecular flexibility index (Phi) is 7.81. The summed E-state index contributed by atoms with van der Waals surface area (Å²) in [7, 11) is -0.611. The van der Waals surface area contributed by atoms with Gasteiger partial charge in [-0.2, -0.15) is 4.31 Å². The van der Waals surface area contributed by atoms with Crippen LogP contribution in [0.1, 0.15) is 19.4 Å². The molecule has 0 unspecified atom stereocenters. The number of carbonyl (C=O) groups is 1. The summed E-state index contributed by atoms with van der Waals surface area (Å²) in [6.45, 7) is 4.27. The van der Waals surface area contributed by atoms with Gasteiger partial charge in [0.2, 0.25) is 15.9 Å². The molecule has 1 amide bonds. The maximum atomic E-state index is 12.7. The van der Waals surface area contributed by atoms with Crippen LogP contribution >= 0.6 is 0 Å². The zero-order chi connectivity index (χ0) is 21.4. The van der Waals surface area contributed by atoms with Crippen molar-refractivity contribution in [1.29, 1.82) is 0 Å². The van der Waals surface area contributed by atoms with E-state index in [1.54, 1.807) is 39.2 Å². The summed E-state index contributed by atoms with van der Waals surface area (Å²) in [6, 6.07) is 11.6. The van der Waals surface area contributed by atoms with Gasteiger partial charge in [0.25, 0.3) is 0 Å². The van der Waals surface area contributed by atoms with Gasteiger partial charge < -0.3 is 14.8 Å². The first kappa shape index (κ1) is 22.4. The molecule has 8 heteroatoms. The zero-order valence-corrected chi connectivity index (χ0v) is 17.8. The minimum atomic E-state index is -3.65. The number of benzene rings is 2. The number of ether oxygens (including phenoxy) is 2. The lowest BCUT2D eigenvalue weighted by molar-refractivity contribution is -0.111. The molecule has 0 radical (unpaired) electrons. The maximum absolute atomic E-state index is 12.7. The molecule has 29 heavy (non-hydrogen) atoms. The predicted octanol–water partition coefficient (Wildman–Crippen LogP) is 3.39. The van der Waals surface area contributed by atoms with Gasteiger partial charge in [-0.15, -0.1) is 0 Å². The lowest BCUT2D eigenvalue weighted by atomic mass is 10.2. The van der Waals surface area contributed by atoms with Crippen LogP contribution in [0.4, 0.5) is 5.69 Å². The van der Waals surface area contributed by atoms with E-state index < -0.39 is 15.9 Å². The number of nitrogens with one attached hydrogen (secondary N) is 1. The van der Waals surface area contributed by atoms with E-state index >= 15 is 0 Å². The minimum absolute atomic E-state index is 0.0939. The van der Waals surface area contributed by atoms with Gasteiger partial charge in [-0.1, -0.05) is 26.0 Å². The second-order valence-electron chi connectivity index (χ2n) is 6.05. The Morgan fingerprint density at radius 2 is 1.69 bits per heavy atom. The summed E-state index contributed by atoms with van der Waals surface area (Å²) in [6.07, 6.45) is 3.02. The highest BCUT2D eigenvalue weighted by Crippen LogP contribution is 2.29. The third-order valence-corrected chi connectivity index (χ3v) is 6.36. The number of hydrogen-bond acceptors (Lipinski definition) is 5. The molecule has 0 saturated heterocycles. The van der Waals surface area contributed by atoms with Crippen molar-refractivity contribution in [3.63, 3.8) is 0 Å². The molecule has 0 aliphatic carbocycles. The molecule has 0 aliphatic rings. The number of rotatable bonds is 9. The Labute approximate surface area is 172 Å². The molecule has 0 aliphatic heterocycles. The van der Waals surface area contributed by atoms with Crippen molar-refractivity contribution in [3.8, 4) is 11.5 Å². The van der Waals surface area contributed by atoms with Crippen LogP contribution in [0.3, 0.4) is 0 Å². The second-order valence-corrected chi connectivity index (χ2v) is 7.99. The highest BCUT2D eigenvalue weighted by molar-refractivity contribution is 7.89. The van der Waals surface area contributed by atoms with Crippen molar-refractivity contribution >= 4 is 27.7 Å². The molecule has 1 N–H and O–H groups in total. The topological polar surface area (TPSA) is 84.9 Å². The molecule has 156 valence electrons. The van der Waals surface area contributed by atoms with Crippen molar-refractivity contribution in [2.45, 2.75) is 18.7 Å². The highest BCUT2D eigenvalue weighted by atomic mass is 32.2. The molecular formula is C21H26N2O5S. The van der Waals surface area contributed by atoms with Crippen molar-refractivity contribution in [2.75, 3.05) is 32.6 Å². The SMILES string of the molecule is CCN(CC)S(=O)(=O)c1ccc(OC)c(NC(=O)C=Cc2ccc(OC)cc2)c1. The number of hydrogen-bond donors (Lipinski definition) is 1. The predicted molar refractivity (Wildman–Crippen MR) is 114 cm³/mol. The van der Waals surface area contributed by atoms with Crippen LogP contribution in [0.2, 0.25) is 0 Å². The summed E-state index contributed by atoms with van der Waals surface area (Å²) in [5.41, 5.74) is 1.11. The summed E-state index contributed by atoms with van der Waals surface area (Å²) in [5, 5.41) is 2.68. The molecular weight excluding hydrogens is 392 g/mol. The average molecular weight is 419 g/mol. The van der Waals surface area contributed by atoms with Crippen LogP contribution in [0.5, 0.6) is 11.5 Å². The van der Waals surface area contributed by atoms with Crippen LogP contribution in [-0.2, 0) is 14.8 Å². The number of amides is 1. The van der Waals surface area contributed by atoms with E-state index in [1.807, 2.05) is 12.1 Å². The normalized spacial score (nSPS) is 11.6. The number of sulfonamides is 1. The van der Waals surface area contributed by atoms with Crippen molar-refractivity contribution in [2.24, 2.45) is 0 Å². The van der Waals surface area contributed by atoms with Gasteiger partial charge >= 0.3 is 0 Å². The van der Waals surface area contributed by atoms with Crippen molar-refractivity contribution < 1.29 is 22.7 Å². The lowest BCUT2D eigenvalue weighted by Gasteiger charge is -2.19. The number of methoxy groups -OCH3 is 2. The summed E-state index contributed by atoms with van der Waals surface area (Å²) in [5.74, 6) is 0.689. The standard InChI is InChI=1S/C21H26N2O5S/c1-5-23(6-2)29(25,26)18-12-13-20(28-4)19(15-18)22-21(24)14-9-16-7-10-17(27-3)11-8-16/h7-15H,5-6H2,1-4H3,(H,22,24). The number of anilines is 1. The van der Waals surface area contributed by atoms with E-state index in [0.29, 0.717) is 18.8 Å². The molecule has 2 aromatic rings. The van der Waals surface area contributed by atoms with E-state index in [2.05, 4.69) is 5.32 Å². The van der Waals surface area contributed by atoms with Crippen LogP contribution in [-0.4, -0.2) is 45.9 Å². The Morgan fingerprint density at radius 3 is 2.24 bits per heavy atom. The Balaban J connectivity index is 2.24. The Morgan fingerprint density at radius 1 is 1.03 bits per heavy atom. The first-order chi connectivity index (χ1) is 13.8. The lowest BCUT2D eigenvalue weighted by Crippen LogP contribution is -2.30. The van der Waals surface area contributed by atoms with Gasteiger partial charge in [-0.25, -0.2) is 8.42 Å². The Hall–Kier alpha value is -2.84. The van der Waals surface area contributed by atoms with E-state index in [-0.39, 0.29) is 10.6 Å². The summed E-state index contributed by atoms with van der Waals surface area (Å²) < 4.78 is 37.2. The number of nitrogens with zero attached hydrogens (tertiary/aromatic N) is 1. The quantitative estimate of drug-likeness (QED) is 0.631. The van der Waals surface area contributed by atoms with Crippen LogP contribution in [0, 0.1) is 0 Å². The van der Waals surface area contributed by atoms with Crippen molar-refractivity contribution in [3.05, 3.63) is 54.1 Å². The molecule has 0 fully saturated rings. The van der Waals surface area contributed by atoms with Gasteiger partial charge in [-0.05, 0) is 42.0 Å². The van der Waals surface area contributed by atoms with E-state index in [0.717, 1.165) is 11.3 Å². The Bertz CT molecular complexity index is 965. The van der Waals surface area contributed by atoms with Gasteiger partial charge in [0.1, 0.15) is 11.5 Å².